The average Bonchev–Trinajstić information content (AvgIpc) is 2.17. The topological polar surface area (TPSA) is 32.7 Å². The van der Waals surface area contributed by atoms with Crippen LogP contribution in [0.15, 0.2) is 0 Å². The zero-order valence-electron chi connectivity index (χ0n) is 10.2. The summed E-state index contributed by atoms with van der Waals surface area (Å²) in [5.74, 6) is 0. The van der Waals surface area contributed by atoms with Crippen molar-refractivity contribution in [2.24, 2.45) is 0 Å². The van der Waals surface area contributed by atoms with E-state index in [0.717, 1.165) is 32.2 Å². The molecule has 0 aliphatic carbocycles. The van der Waals surface area contributed by atoms with Gasteiger partial charge in [0.1, 0.15) is 0 Å². The number of rotatable bonds is 10. The van der Waals surface area contributed by atoms with Gasteiger partial charge in [-0.3, -0.25) is 0 Å². The highest BCUT2D eigenvalue weighted by Crippen LogP contribution is 2.08. The van der Waals surface area contributed by atoms with Crippen molar-refractivity contribution >= 4 is 0 Å². The molecule has 0 spiro atoms. The Balaban J connectivity index is 3.13. The van der Waals surface area contributed by atoms with Crippen molar-refractivity contribution in [2.75, 3.05) is 27.2 Å². The summed E-state index contributed by atoms with van der Waals surface area (Å²) in [6.45, 7) is 1.79. The van der Waals surface area contributed by atoms with Crippen molar-refractivity contribution in [1.29, 1.82) is 0 Å². The standard InChI is InChI=1S/C12H26NO2/c1-13(2)10-6-4-5-8-12(14)9-7-11-15-3/h12,14H,3-11H2,1-2H3/t12-/m1/s1. The maximum atomic E-state index is 9.60. The summed E-state index contributed by atoms with van der Waals surface area (Å²) in [5.41, 5.74) is 0. The lowest BCUT2D eigenvalue weighted by atomic mass is 10.1. The lowest BCUT2D eigenvalue weighted by molar-refractivity contribution is 0.133. The smallest absolute Gasteiger partial charge is 0.0700 e. The van der Waals surface area contributed by atoms with Crippen LogP contribution in [0.2, 0.25) is 0 Å². The number of unbranched alkanes of at least 4 members (excludes halogenated alkanes) is 2. The molecule has 3 nitrogen and oxygen atoms in total. The maximum absolute atomic E-state index is 9.60. The summed E-state index contributed by atoms with van der Waals surface area (Å²) < 4.78 is 4.69. The van der Waals surface area contributed by atoms with Crippen LogP contribution in [0.5, 0.6) is 0 Å². The van der Waals surface area contributed by atoms with E-state index in [-0.39, 0.29) is 6.10 Å². The molecule has 0 unspecified atom stereocenters. The van der Waals surface area contributed by atoms with Crippen LogP contribution >= 0.6 is 0 Å². The molecule has 0 aromatic carbocycles. The fraction of sp³-hybridized carbons (Fsp3) is 0.917. The summed E-state index contributed by atoms with van der Waals surface area (Å²) in [7, 11) is 7.48. The van der Waals surface area contributed by atoms with E-state index in [0.29, 0.717) is 6.61 Å². The number of ether oxygens (including phenoxy) is 1. The normalized spacial score (nSPS) is 13.4. The SMILES string of the molecule is [CH2]OCCC[C@H](O)CCCCCN(C)C. The molecule has 0 bridgehead atoms. The fourth-order valence-corrected chi connectivity index (χ4v) is 1.55. The number of hydrogen-bond donors (Lipinski definition) is 1. The second-order valence-electron chi connectivity index (χ2n) is 4.36. The Morgan fingerprint density at radius 2 is 1.80 bits per heavy atom. The van der Waals surface area contributed by atoms with Gasteiger partial charge in [-0.1, -0.05) is 12.8 Å². The molecule has 0 aromatic heterocycles. The number of nitrogens with zero attached hydrogens (tertiary/aromatic N) is 1. The van der Waals surface area contributed by atoms with E-state index < -0.39 is 0 Å². The first-order chi connectivity index (χ1) is 7.16. The molecule has 0 aliphatic heterocycles. The van der Waals surface area contributed by atoms with Crippen LogP contribution in [0.25, 0.3) is 0 Å². The Morgan fingerprint density at radius 1 is 1.13 bits per heavy atom. The lowest BCUT2D eigenvalue weighted by Crippen LogP contribution is -2.13. The molecule has 1 N–H and O–H groups in total. The molecule has 0 rings (SSSR count). The Hall–Kier alpha value is -0.120. The Morgan fingerprint density at radius 3 is 2.40 bits per heavy atom. The second kappa shape index (κ2) is 10.4. The predicted molar refractivity (Wildman–Crippen MR) is 63.6 cm³/mol. The molecular formula is C12H26NO2. The molecule has 1 radical (unpaired) electrons. The van der Waals surface area contributed by atoms with Gasteiger partial charge in [0.15, 0.2) is 0 Å². The first-order valence-corrected chi connectivity index (χ1v) is 5.86. The molecule has 0 heterocycles. The molecule has 3 heteroatoms. The van der Waals surface area contributed by atoms with Crippen LogP contribution in [-0.4, -0.2) is 43.4 Å². The van der Waals surface area contributed by atoms with Gasteiger partial charge in [0, 0.05) is 6.61 Å². The van der Waals surface area contributed by atoms with Gasteiger partial charge in [-0.2, -0.15) is 0 Å². The van der Waals surface area contributed by atoms with Crippen LogP contribution in [0.3, 0.4) is 0 Å². The Bertz CT molecular complexity index is 129. The molecule has 1 atom stereocenters. The van der Waals surface area contributed by atoms with Gasteiger partial charge in [0.2, 0.25) is 0 Å². The van der Waals surface area contributed by atoms with Crippen molar-refractivity contribution in [3.05, 3.63) is 7.11 Å². The van der Waals surface area contributed by atoms with Gasteiger partial charge in [-0.15, -0.1) is 0 Å². The maximum Gasteiger partial charge on any atom is 0.0700 e. The number of hydrogen-bond acceptors (Lipinski definition) is 3. The summed E-state index contributed by atoms with van der Waals surface area (Å²) in [4.78, 5) is 2.20. The zero-order valence-corrected chi connectivity index (χ0v) is 10.2. The third kappa shape index (κ3) is 11.8. The molecule has 0 aliphatic rings. The van der Waals surface area contributed by atoms with Crippen molar-refractivity contribution in [3.8, 4) is 0 Å². The Kier molecular flexibility index (Phi) is 10.3. The summed E-state index contributed by atoms with van der Waals surface area (Å²) in [6.07, 6.45) is 6.07. The predicted octanol–water partition coefficient (Wildman–Crippen LogP) is 2.06. The van der Waals surface area contributed by atoms with E-state index in [9.17, 15) is 5.11 Å². The van der Waals surface area contributed by atoms with Gasteiger partial charge >= 0.3 is 0 Å². The minimum Gasteiger partial charge on any atom is -0.393 e. The zero-order chi connectivity index (χ0) is 11.5. The van der Waals surface area contributed by atoms with Crippen LogP contribution in [0.4, 0.5) is 0 Å². The summed E-state index contributed by atoms with van der Waals surface area (Å²) in [5, 5.41) is 9.60. The molecule has 15 heavy (non-hydrogen) atoms. The van der Waals surface area contributed by atoms with Crippen molar-refractivity contribution in [2.45, 2.75) is 44.6 Å². The third-order valence-electron chi connectivity index (χ3n) is 2.47. The lowest BCUT2D eigenvalue weighted by Gasteiger charge is -2.11. The summed E-state index contributed by atoms with van der Waals surface area (Å²) >= 11 is 0. The third-order valence-corrected chi connectivity index (χ3v) is 2.47. The molecule has 0 aromatic rings. The molecule has 91 valence electrons. The largest absolute Gasteiger partial charge is 0.393 e. The Labute approximate surface area is 94.4 Å². The van der Waals surface area contributed by atoms with Crippen LogP contribution in [0.1, 0.15) is 38.5 Å². The van der Waals surface area contributed by atoms with Gasteiger partial charge in [-0.05, 0) is 46.3 Å². The molecule has 0 fully saturated rings. The molecular weight excluding hydrogens is 190 g/mol. The van der Waals surface area contributed by atoms with Crippen molar-refractivity contribution < 1.29 is 9.84 Å². The first-order valence-electron chi connectivity index (χ1n) is 5.86. The van der Waals surface area contributed by atoms with Crippen LogP contribution < -0.4 is 0 Å². The van der Waals surface area contributed by atoms with Gasteiger partial charge in [0.05, 0.1) is 13.2 Å². The monoisotopic (exact) mass is 216 g/mol. The van der Waals surface area contributed by atoms with E-state index in [4.69, 9.17) is 4.74 Å². The number of aliphatic hydroxyl groups is 1. The summed E-state index contributed by atoms with van der Waals surface area (Å²) in [6, 6.07) is 0. The second-order valence-corrected chi connectivity index (χ2v) is 4.36. The van der Waals surface area contributed by atoms with Gasteiger partial charge in [0.25, 0.3) is 0 Å². The van der Waals surface area contributed by atoms with Crippen LogP contribution in [-0.2, 0) is 4.74 Å². The molecule has 0 saturated heterocycles. The van der Waals surface area contributed by atoms with Crippen molar-refractivity contribution in [1.82, 2.24) is 4.90 Å². The molecule has 0 saturated carbocycles. The fourth-order valence-electron chi connectivity index (χ4n) is 1.55. The first kappa shape index (κ1) is 14.9. The number of aliphatic hydroxyl groups excluding tert-OH is 1. The van der Waals surface area contributed by atoms with Crippen molar-refractivity contribution in [3.63, 3.8) is 0 Å². The van der Waals surface area contributed by atoms with E-state index in [2.05, 4.69) is 26.1 Å². The minimum absolute atomic E-state index is 0.153. The van der Waals surface area contributed by atoms with E-state index in [1.54, 1.807) is 0 Å². The average molecular weight is 216 g/mol. The quantitative estimate of drug-likeness (QED) is 0.567. The minimum atomic E-state index is -0.153. The van der Waals surface area contributed by atoms with E-state index in [1.165, 1.54) is 12.8 Å². The van der Waals surface area contributed by atoms with E-state index in [1.807, 2.05) is 0 Å². The highest BCUT2D eigenvalue weighted by Gasteiger charge is 2.03. The van der Waals surface area contributed by atoms with Gasteiger partial charge < -0.3 is 14.7 Å². The molecule has 0 amide bonds. The highest BCUT2D eigenvalue weighted by molar-refractivity contribution is 4.57. The van der Waals surface area contributed by atoms with E-state index >= 15 is 0 Å². The van der Waals surface area contributed by atoms with Gasteiger partial charge in [-0.25, -0.2) is 0 Å². The van der Waals surface area contributed by atoms with Crippen LogP contribution in [0, 0.1) is 7.11 Å². The highest BCUT2D eigenvalue weighted by atomic mass is 16.5.